The van der Waals surface area contributed by atoms with Crippen LogP contribution in [0.3, 0.4) is 0 Å². The van der Waals surface area contributed by atoms with E-state index in [1.807, 2.05) is 0 Å². The van der Waals surface area contributed by atoms with Crippen molar-refractivity contribution in [3.63, 3.8) is 0 Å². The highest BCUT2D eigenvalue weighted by Gasteiger charge is 2.23. The van der Waals surface area contributed by atoms with E-state index in [9.17, 15) is 4.79 Å². The first kappa shape index (κ1) is 11.5. The molecule has 1 aliphatic heterocycles. The average molecular weight is 199 g/mol. The molecule has 0 bridgehead atoms. The molecular formula is C10H21N3O. The van der Waals surface area contributed by atoms with Gasteiger partial charge in [-0.1, -0.05) is 6.42 Å². The molecule has 0 aromatic rings. The van der Waals surface area contributed by atoms with Gasteiger partial charge in [-0.25, -0.2) is 0 Å². The molecule has 4 nitrogen and oxygen atoms in total. The largest absolute Gasteiger partial charge is 0.348 e. The van der Waals surface area contributed by atoms with Gasteiger partial charge in [-0.15, -0.1) is 0 Å². The average Bonchev–Trinajstić information content (AvgIpc) is 2.18. The topological polar surface area (TPSA) is 49.6 Å². The predicted molar refractivity (Wildman–Crippen MR) is 57.0 cm³/mol. The summed E-state index contributed by atoms with van der Waals surface area (Å²) in [5, 5.41) is 0. The number of nitrogens with zero attached hydrogens (tertiary/aromatic N) is 2. The van der Waals surface area contributed by atoms with Gasteiger partial charge in [0.25, 0.3) is 0 Å². The highest BCUT2D eigenvalue weighted by Crippen LogP contribution is 2.15. The second-order valence-electron chi connectivity index (χ2n) is 4.14. The molecule has 0 saturated carbocycles. The predicted octanol–water partition coefficient (Wildman–Crippen LogP) is -0.112. The Morgan fingerprint density at radius 3 is 2.79 bits per heavy atom. The minimum absolute atomic E-state index is 0.172. The molecule has 1 fully saturated rings. The van der Waals surface area contributed by atoms with Crippen molar-refractivity contribution in [2.24, 2.45) is 5.73 Å². The number of hydrogen-bond donors (Lipinski definition) is 1. The van der Waals surface area contributed by atoms with Crippen LogP contribution in [0.25, 0.3) is 0 Å². The molecule has 1 amide bonds. The van der Waals surface area contributed by atoms with Crippen molar-refractivity contribution < 1.29 is 4.79 Å². The van der Waals surface area contributed by atoms with Crippen LogP contribution in [0.4, 0.5) is 0 Å². The molecule has 4 heteroatoms. The molecule has 0 aromatic carbocycles. The summed E-state index contributed by atoms with van der Waals surface area (Å²) in [4.78, 5) is 15.4. The number of rotatable bonds is 3. The van der Waals surface area contributed by atoms with Crippen LogP contribution in [0.2, 0.25) is 0 Å². The first-order chi connectivity index (χ1) is 6.65. The van der Waals surface area contributed by atoms with Gasteiger partial charge in [0.1, 0.15) is 0 Å². The maximum absolute atomic E-state index is 11.5. The molecule has 14 heavy (non-hydrogen) atoms. The van der Waals surface area contributed by atoms with Crippen LogP contribution < -0.4 is 5.73 Å². The smallest absolute Gasteiger partial charge is 0.236 e. The normalized spacial score (nSPS) is 23.5. The van der Waals surface area contributed by atoms with E-state index in [0.29, 0.717) is 19.1 Å². The third kappa shape index (κ3) is 2.96. The Morgan fingerprint density at radius 1 is 1.50 bits per heavy atom. The van der Waals surface area contributed by atoms with E-state index >= 15 is 0 Å². The summed E-state index contributed by atoms with van der Waals surface area (Å²) in [5.41, 5.74) is 5.68. The quantitative estimate of drug-likeness (QED) is 0.690. The fraction of sp³-hybridized carbons (Fsp3) is 0.900. The number of amides is 1. The van der Waals surface area contributed by atoms with E-state index in [-0.39, 0.29) is 5.91 Å². The van der Waals surface area contributed by atoms with Crippen LogP contribution in [-0.2, 0) is 4.79 Å². The molecule has 1 aliphatic rings. The van der Waals surface area contributed by atoms with Gasteiger partial charge in [-0.2, -0.15) is 0 Å². The molecule has 0 radical (unpaired) electrons. The van der Waals surface area contributed by atoms with Gasteiger partial charge < -0.3 is 10.6 Å². The summed E-state index contributed by atoms with van der Waals surface area (Å²) in [6.07, 6.45) is 3.57. The first-order valence-electron chi connectivity index (χ1n) is 5.29. The molecule has 1 heterocycles. The van der Waals surface area contributed by atoms with Crippen molar-refractivity contribution in [3.05, 3.63) is 0 Å². The minimum atomic E-state index is 0.172. The van der Waals surface area contributed by atoms with E-state index < -0.39 is 0 Å². The fourth-order valence-electron chi connectivity index (χ4n) is 1.85. The van der Waals surface area contributed by atoms with Crippen molar-refractivity contribution in [1.82, 2.24) is 9.80 Å². The standard InChI is InChI=1S/C10H21N3O/c1-12(2)10(14)8-13-6-4-3-5-9(13)7-11/h9H,3-8,11H2,1-2H3. The molecule has 1 unspecified atom stereocenters. The summed E-state index contributed by atoms with van der Waals surface area (Å²) >= 11 is 0. The molecule has 1 atom stereocenters. The second kappa shape index (κ2) is 5.32. The number of piperidine rings is 1. The van der Waals surface area contributed by atoms with Crippen molar-refractivity contribution in [2.75, 3.05) is 33.7 Å². The Morgan fingerprint density at radius 2 is 2.21 bits per heavy atom. The van der Waals surface area contributed by atoms with Gasteiger partial charge >= 0.3 is 0 Å². The van der Waals surface area contributed by atoms with Gasteiger partial charge in [0.15, 0.2) is 0 Å². The lowest BCUT2D eigenvalue weighted by Gasteiger charge is -2.34. The van der Waals surface area contributed by atoms with Crippen LogP contribution in [0.1, 0.15) is 19.3 Å². The molecule has 0 spiro atoms. The first-order valence-corrected chi connectivity index (χ1v) is 5.29. The summed E-state index contributed by atoms with van der Waals surface area (Å²) in [7, 11) is 3.59. The number of carbonyl (C=O) groups is 1. The molecule has 1 rings (SSSR count). The summed E-state index contributed by atoms with van der Waals surface area (Å²) in [6, 6.07) is 0.410. The van der Waals surface area contributed by atoms with Gasteiger partial charge in [0, 0.05) is 26.7 Å². The Hall–Kier alpha value is -0.610. The van der Waals surface area contributed by atoms with Gasteiger partial charge in [0.2, 0.25) is 5.91 Å². The van der Waals surface area contributed by atoms with Crippen molar-refractivity contribution in [1.29, 1.82) is 0 Å². The number of nitrogens with two attached hydrogens (primary N) is 1. The molecule has 2 N–H and O–H groups in total. The Balaban J connectivity index is 2.44. The molecule has 0 aliphatic carbocycles. The summed E-state index contributed by atoms with van der Waals surface area (Å²) in [6.45, 7) is 2.21. The van der Waals surface area contributed by atoms with E-state index in [2.05, 4.69) is 4.90 Å². The highest BCUT2D eigenvalue weighted by atomic mass is 16.2. The van der Waals surface area contributed by atoms with Crippen molar-refractivity contribution >= 4 is 5.91 Å². The van der Waals surface area contributed by atoms with E-state index in [0.717, 1.165) is 13.0 Å². The summed E-state index contributed by atoms with van der Waals surface area (Å²) < 4.78 is 0. The minimum Gasteiger partial charge on any atom is -0.348 e. The van der Waals surface area contributed by atoms with E-state index in [4.69, 9.17) is 5.73 Å². The van der Waals surface area contributed by atoms with Crippen LogP contribution in [-0.4, -0.2) is 55.5 Å². The van der Waals surface area contributed by atoms with Gasteiger partial charge in [-0.05, 0) is 19.4 Å². The third-order valence-electron chi connectivity index (χ3n) is 2.86. The molecule has 0 aromatic heterocycles. The lowest BCUT2D eigenvalue weighted by Crippen LogP contribution is -2.48. The SMILES string of the molecule is CN(C)C(=O)CN1CCCCC1CN. The third-order valence-corrected chi connectivity index (χ3v) is 2.86. The maximum atomic E-state index is 11.5. The zero-order chi connectivity index (χ0) is 10.6. The number of carbonyl (C=O) groups excluding carboxylic acids is 1. The van der Waals surface area contributed by atoms with Crippen LogP contribution in [0.15, 0.2) is 0 Å². The highest BCUT2D eigenvalue weighted by molar-refractivity contribution is 5.77. The van der Waals surface area contributed by atoms with Crippen LogP contribution in [0.5, 0.6) is 0 Å². The fourth-order valence-corrected chi connectivity index (χ4v) is 1.85. The van der Waals surface area contributed by atoms with Gasteiger partial charge in [-0.3, -0.25) is 9.69 Å². The van der Waals surface area contributed by atoms with E-state index in [1.54, 1.807) is 19.0 Å². The van der Waals surface area contributed by atoms with Crippen LogP contribution in [0, 0.1) is 0 Å². The zero-order valence-corrected chi connectivity index (χ0v) is 9.20. The molecular weight excluding hydrogens is 178 g/mol. The van der Waals surface area contributed by atoms with Crippen LogP contribution >= 0.6 is 0 Å². The van der Waals surface area contributed by atoms with Crippen molar-refractivity contribution in [3.8, 4) is 0 Å². The zero-order valence-electron chi connectivity index (χ0n) is 9.20. The Kier molecular flexibility index (Phi) is 4.35. The lowest BCUT2D eigenvalue weighted by molar-refractivity contribution is -0.130. The summed E-state index contributed by atoms with van der Waals surface area (Å²) in [5.74, 6) is 0.172. The molecule has 1 saturated heterocycles. The second-order valence-corrected chi connectivity index (χ2v) is 4.14. The van der Waals surface area contributed by atoms with Gasteiger partial charge in [0.05, 0.1) is 6.54 Å². The lowest BCUT2D eigenvalue weighted by atomic mass is 10.0. The van der Waals surface area contributed by atoms with E-state index in [1.165, 1.54) is 12.8 Å². The monoisotopic (exact) mass is 199 g/mol. The maximum Gasteiger partial charge on any atom is 0.236 e. The molecule has 82 valence electrons. The van der Waals surface area contributed by atoms with Crippen molar-refractivity contribution in [2.45, 2.75) is 25.3 Å². The Bertz CT molecular complexity index is 194. The Labute approximate surface area is 86.0 Å². The number of hydrogen-bond acceptors (Lipinski definition) is 3. The number of likely N-dealkylation sites (tertiary alicyclic amines) is 1. The number of likely N-dealkylation sites (N-methyl/N-ethyl adjacent to an activating group) is 1.